The number of anilines is 1. The monoisotopic (exact) mass is 381 g/mol. The number of benzene rings is 1. The first-order valence-corrected chi connectivity index (χ1v) is 9.40. The Hall–Kier alpha value is -3.16. The lowest BCUT2D eigenvalue weighted by Gasteiger charge is -2.53. The summed E-state index contributed by atoms with van der Waals surface area (Å²) in [4.78, 5) is 37.3. The molecule has 0 aliphatic carbocycles. The molecule has 0 radical (unpaired) electrons. The van der Waals surface area contributed by atoms with Gasteiger partial charge in [-0.1, -0.05) is 6.07 Å². The topological polar surface area (TPSA) is 106 Å². The van der Waals surface area contributed by atoms with E-state index in [9.17, 15) is 24.8 Å². The van der Waals surface area contributed by atoms with Gasteiger partial charge in [0.25, 0.3) is 11.2 Å². The molecule has 4 atom stereocenters. The van der Waals surface area contributed by atoms with E-state index in [4.69, 9.17) is 0 Å². The van der Waals surface area contributed by atoms with Gasteiger partial charge in [-0.15, -0.1) is 0 Å². The number of nitro groups is 1. The molecule has 5 rings (SSSR count). The Morgan fingerprint density at radius 2 is 2.04 bits per heavy atom. The minimum atomic E-state index is -0.902. The van der Waals surface area contributed by atoms with Gasteiger partial charge in [0.15, 0.2) is 0 Å². The molecule has 28 heavy (non-hydrogen) atoms. The zero-order valence-electron chi connectivity index (χ0n) is 15.0. The van der Waals surface area contributed by atoms with E-state index < -0.39 is 16.8 Å². The van der Waals surface area contributed by atoms with Gasteiger partial charge in [-0.2, -0.15) is 0 Å². The van der Waals surface area contributed by atoms with E-state index in [1.807, 2.05) is 6.07 Å². The van der Waals surface area contributed by atoms with Gasteiger partial charge in [0.2, 0.25) is 0 Å². The number of rotatable bonds is 2. The van der Waals surface area contributed by atoms with Gasteiger partial charge in [-0.3, -0.25) is 19.7 Å². The number of carbonyl (C=O) groups is 1. The predicted molar refractivity (Wildman–Crippen MR) is 101 cm³/mol. The molecule has 8 nitrogen and oxygen atoms in total. The second-order valence-electron chi connectivity index (χ2n) is 7.97. The average Bonchev–Trinajstić information content (AvgIpc) is 2.67. The molecule has 0 saturated carbocycles. The van der Waals surface area contributed by atoms with Crippen molar-refractivity contribution in [3.8, 4) is 0 Å². The molecule has 0 amide bonds. The number of piperidine rings is 1. The lowest BCUT2D eigenvalue weighted by Crippen LogP contribution is -2.59. The number of pyridine rings is 1. The fourth-order valence-electron chi connectivity index (χ4n) is 5.41. The molecule has 1 aromatic heterocycles. The van der Waals surface area contributed by atoms with Crippen molar-refractivity contribution in [3.05, 3.63) is 68.1 Å². The minimum Gasteiger partial charge on any atom is -0.481 e. The van der Waals surface area contributed by atoms with Gasteiger partial charge in [-0.25, -0.2) is 0 Å². The second kappa shape index (κ2) is 5.92. The van der Waals surface area contributed by atoms with E-state index in [1.54, 1.807) is 22.8 Å². The Morgan fingerprint density at radius 1 is 1.21 bits per heavy atom. The van der Waals surface area contributed by atoms with Crippen LogP contribution in [0.4, 0.5) is 11.4 Å². The third-order valence-electron chi connectivity index (χ3n) is 6.47. The Balaban J connectivity index is 1.66. The summed E-state index contributed by atoms with van der Waals surface area (Å²) >= 11 is 0. The lowest BCUT2D eigenvalue weighted by atomic mass is 9.69. The highest BCUT2D eigenvalue weighted by Gasteiger charge is 2.49. The Kier molecular flexibility index (Phi) is 3.59. The molecule has 8 heteroatoms. The second-order valence-corrected chi connectivity index (χ2v) is 7.97. The first-order chi connectivity index (χ1) is 13.4. The maximum atomic E-state index is 12.3. The number of nitro benzene ring substituents is 1. The number of aliphatic carboxylic acids is 1. The largest absolute Gasteiger partial charge is 0.481 e. The van der Waals surface area contributed by atoms with Crippen LogP contribution in [-0.4, -0.2) is 33.2 Å². The first-order valence-electron chi connectivity index (χ1n) is 9.40. The maximum Gasteiger partial charge on any atom is 0.308 e. The van der Waals surface area contributed by atoms with E-state index in [0.29, 0.717) is 18.7 Å². The summed E-state index contributed by atoms with van der Waals surface area (Å²) < 4.78 is 1.79. The normalized spacial score (nSPS) is 27.4. The highest BCUT2D eigenvalue weighted by Crippen LogP contribution is 2.48. The van der Waals surface area contributed by atoms with Gasteiger partial charge in [0.05, 0.1) is 16.9 Å². The fourth-order valence-corrected chi connectivity index (χ4v) is 5.41. The van der Waals surface area contributed by atoms with Crippen molar-refractivity contribution in [1.82, 2.24) is 4.57 Å². The Bertz CT molecular complexity index is 1060. The first kappa shape index (κ1) is 17.0. The Morgan fingerprint density at radius 3 is 2.79 bits per heavy atom. The van der Waals surface area contributed by atoms with Crippen molar-refractivity contribution >= 4 is 17.3 Å². The summed E-state index contributed by atoms with van der Waals surface area (Å²) in [5, 5.41) is 21.1. The van der Waals surface area contributed by atoms with E-state index >= 15 is 0 Å². The Labute approximate surface area is 160 Å². The van der Waals surface area contributed by atoms with Crippen LogP contribution in [0.25, 0.3) is 0 Å². The number of hydrogen-bond donors (Lipinski definition) is 1. The van der Waals surface area contributed by atoms with Crippen LogP contribution in [-0.2, 0) is 17.8 Å². The van der Waals surface area contributed by atoms with Gasteiger partial charge >= 0.3 is 5.97 Å². The zero-order valence-corrected chi connectivity index (χ0v) is 15.0. The molecule has 3 aliphatic rings. The molecule has 144 valence electrons. The van der Waals surface area contributed by atoms with Crippen molar-refractivity contribution in [2.75, 3.05) is 11.4 Å². The van der Waals surface area contributed by atoms with Crippen molar-refractivity contribution in [2.45, 2.75) is 31.3 Å². The number of carboxylic acid groups (broad SMARTS) is 1. The number of aromatic nitrogens is 1. The van der Waals surface area contributed by atoms with Crippen molar-refractivity contribution < 1.29 is 14.8 Å². The van der Waals surface area contributed by atoms with Crippen LogP contribution in [0.15, 0.2) is 41.2 Å². The average molecular weight is 381 g/mol. The highest BCUT2D eigenvalue weighted by atomic mass is 16.6. The molecule has 0 spiro atoms. The van der Waals surface area contributed by atoms with Crippen LogP contribution in [0, 0.1) is 22.0 Å². The van der Waals surface area contributed by atoms with E-state index in [0.717, 1.165) is 17.8 Å². The molecular weight excluding hydrogens is 362 g/mol. The van der Waals surface area contributed by atoms with Crippen molar-refractivity contribution in [1.29, 1.82) is 0 Å². The summed E-state index contributed by atoms with van der Waals surface area (Å²) in [7, 11) is 0. The number of nitrogens with zero attached hydrogens (tertiary/aromatic N) is 3. The number of hydrogen-bond acceptors (Lipinski definition) is 5. The molecule has 1 aromatic carbocycles. The SMILES string of the molecule is O=C(O)[C@@H]1Cc2cc([N+](=O)[O-])ccc2N2C[C@H]3C[C@H](c4cccc(=O)n4C3)[C@H]12. The van der Waals surface area contributed by atoms with Crippen LogP contribution in [0.5, 0.6) is 0 Å². The van der Waals surface area contributed by atoms with Gasteiger partial charge in [0, 0.05) is 48.6 Å². The zero-order chi connectivity index (χ0) is 19.6. The lowest BCUT2D eigenvalue weighted by molar-refractivity contribution is -0.384. The maximum absolute atomic E-state index is 12.3. The van der Waals surface area contributed by atoms with E-state index in [2.05, 4.69) is 4.90 Å². The molecule has 2 aromatic rings. The minimum absolute atomic E-state index is 0.0181. The number of fused-ring (bicyclic) bond motifs is 8. The highest BCUT2D eigenvalue weighted by molar-refractivity contribution is 5.76. The van der Waals surface area contributed by atoms with Crippen LogP contribution >= 0.6 is 0 Å². The predicted octanol–water partition coefficient (Wildman–Crippen LogP) is 2.01. The molecular formula is C20H19N3O5. The van der Waals surface area contributed by atoms with Crippen LogP contribution in [0.1, 0.15) is 23.6 Å². The molecule has 0 unspecified atom stereocenters. The molecule has 1 fully saturated rings. The van der Waals surface area contributed by atoms with Gasteiger partial charge in [0.1, 0.15) is 0 Å². The van der Waals surface area contributed by atoms with Crippen LogP contribution < -0.4 is 10.5 Å². The smallest absolute Gasteiger partial charge is 0.308 e. The fraction of sp³-hybridized carbons (Fsp3) is 0.400. The van der Waals surface area contributed by atoms with Crippen molar-refractivity contribution in [2.24, 2.45) is 11.8 Å². The van der Waals surface area contributed by atoms with Gasteiger partial charge in [-0.05, 0) is 36.5 Å². The van der Waals surface area contributed by atoms with Crippen LogP contribution in [0.3, 0.4) is 0 Å². The summed E-state index contributed by atoms with van der Waals surface area (Å²) in [6.07, 6.45) is 1.11. The standard InChI is InChI=1S/C20H19N3O5/c24-18-3-1-2-17-14-6-11(9-21(17)18)10-22-16-5-4-13(23(27)28)7-12(16)8-15(19(14)22)20(25)26/h1-5,7,11,14-15,19H,6,8-10H2,(H,25,26)/t11-,14+,15+,19+/m0/s1. The molecule has 2 bridgehead atoms. The third-order valence-corrected chi connectivity index (χ3v) is 6.47. The number of carboxylic acids is 1. The molecule has 4 heterocycles. The van der Waals surface area contributed by atoms with Crippen molar-refractivity contribution in [3.63, 3.8) is 0 Å². The van der Waals surface area contributed by atoms with Crippen LogP contribution in [0.2, 0.25) is 0 Å². The summed E-state index contributed by atoms with van der Waals surface area (Å²) in [5.74, 6) is -1.39. The van der Waals surface area contributed by atoms with E-state index in [-0.39, 0.29) is 35.5 Å². The number of non-ortho nitro benzene ring substituents is 1. The summed E-state index contributed by atoms with van der Waals surface area (Å²) in [5.41, 5.74) is 2.43. The van der Waals surface area contributed by atoms with Gasteiger partial charge < -0.3 is 14.6 Å². The summed E-state index contributed by atoms with van der Waals surface area (Å²) in [6, 6.07) is 9.68. The third kappa shape index (κ3) is 2.37. The molecule has 1 saturated heterocycles. The summed E-state index contributed by atoms with van der Waals surface area (Å²) in [6.45, 7) is 1.27. The van der Waals surface area contributed by atoms with E-state index in [1.165, 1.54) is 12.1 Å². The molecule has 3 aliphatic heterocycles. The molecule has 1 N–H and O–H groups in total. The quantitative estimate of drug-likeness (QED) is 0.630.